The van der Waals surface area contributed by atoms with E-state index >= 15 is 0 Å². The molecule has 1 aromatic heterocycles. The molecule has 0 atom stereocenters. The fourth-order valence-corrected chi connectivity index (χ4v) is 1.35. The van der Waals surface area contributed by atoms with Gasteiger partial charge in [0.2, 0.25) is 0 Å². The zero-order chi connectivity index (χ0) is 8.43. The lowest BCUT2D eigenvalue weighted by Crippen LogP contribution is -2.00. The number of anilines is 1. The van der Waals surface area contributed by atoms with Crippen molar-refractivity contribution in [3.63, 3.8) is 0 Å². The van der Waals surface area contributed by atoms with Gasteiger partial charge in [0.25, 0.3) is 0 Å². The molecular formula is C9H14N2. The summed E-state index contributed by atoms with van der Waals surface area (Å²) in [6, 6.07) is 1.85. The Bertz CT molecular complexity index is 233. The van der Waals surface area contributed by atoms with E-state index in [0.29, 0.717) is 5.92 Å². The number of pyridine rings is 1. The van der Waals surface area contributed by atoms with Crippen molar-refractivity contribution in [3.05, 3.63) is 23.5 Å². The molecule has 60 valence electrons. The first kappa shape index (κ1) is 8.05. The SMILES string of the molecule is Cc1nccc(N)c1C(C)C. The van der Waals surface area contributed by atoms with Crippen molar-refractivity contribution in [1.29, 1.82) is 0 Å². The molecule has 1 aromatic rings. The van der Waals surface area contributed by atoms with Crippen LogP contribution in [-0.4, -0.2) is 4.98 Å². The maximum absolute atomic E-state index is 5.78. The van der Waals surface area contributed by atoms with Crippen molar-refractivity contribution >= 4 is 5.69 Å². The van der Waals surface area contributed by atoms with E-state index < -0.39 is 0 Å². The van der Waals surface area contributed by atoms with Crippen LogP contribution in [0.2, 0.25) is 0 Å². The summed E-state index contributed by atoms with van der Waals surface area (Å²) >= 11 is 0. The predicted octanol–water partition coefficient (Wildman–Crippen LogP) is 2.10. The first-order chi connectivity index (χ1) is 5.13. The van der Waals surface area contributed by atoms with Gasteiger partial charge in [-0.1, -0.05) is 13.8 Å². The molecule has 0 radical (unpaired) electrons. The number of nitrogens with zero attached hydrogens (tertiary/aromatic N) is 1. The Morgan fingerprint density at radius 2 is 2.09 bits per heavy atom. The first-order valence-corrected chi connectivity index (χ1v) is 3.84. The van der Waals surface area contributed by atoms with Gasteiger partial charge in [0.15, 0.2) is 0 Å². The van der Waals surface area contributed by atoms with Crippen molar-refractivity contribution in [2.45, 2.75) is 26.7 Å². The van der Waals surface area contributed by atoms with E-state index in [0.717, 1.165) is 11.4 Å². The molecule has 0 aliphatic rings. The third-order valence-corrected chi connectivity index (χ3v) is 1.80. The Morgan fingerprint density at radius 1 is 1.45 bits per heavy atom. The largest absolute Gasteiger partial charge is 0.398 e. The first-order valence-electron chi connectivity index (χ1n) is 3.84. The highest BCUT2D eigenvalue weighted by molar-refractivity contribution is 5.49. The van der Waals surface area contributed by atoms with Crippen LogP contribution in [0.4, 0.5) is 5.69 Å². The van der Waals surface area contributed by atoms with Crippen LogP contribution in [0.3, 0.4) is 0 Å². The van der Waals surface area contributed by atoms with E-state index in [1.807, 2.05) is 13.0 Å². The minimum atomic E-state index is 0.462. The maximum Gasteiger partial charge on any atom is 0.0427 e. The molecule has 0 aliphatic carbocycles. The van der Waals surface area contributed by atoms with Gasteiger partial charge < -0.3 is 5.73 Å². The molecule has 0 amide bonds. The summed E-state index contributed by atoms with van der Waals surface area (Å²) in [6.07, 6.45) is 1.75. The molecule has 0 fully saturated rings. The minimum absolute atomic E-state index is 0.462. The van der Waals surface area contributed by atoms with Gasteiger partial charge in [0, 0.05) is 17.6 Å². The summed E-state index contributed by atoms with van der Waals surface area (Å²) in [5.74, 6) is 0.462. The number of aryl methyl sites for hydroxylation is 1. The topological polar surface area (TPSA) is 38.9 Å². The molecule has 0 saturated carbocycles. The number of nitrogens with two attached hydrogens (primary N) is 1. The van der Waals surface area contributed by atoms with Gasteiger partial charge in [0.05, 0.1) is 0 Å². The highest BCUT2D eigenvalue weighted by Gasteiger charge is 2.06. The minimum Gasteiger partial charge on any atom is -0.398 e. The van der Waals surface area contributed by atoms with Crippen molar-refractivity contribution in [2.75, 3.05) is 5.73 Å². The van der Waals surface area contributed by atoms with Crippen molar-refractivity contribution in [3.8, 4) is 0 Å². The lowest BCUT2D eigenvalue weighted by molar-refractivity contribution is 0.846. The second-order valence-electron chi connectivity index (χ2n) is 3.05. The van der Waals surface area contributed by atoms with Crippen LogP contribution in [0.1, 0.15) is 31.0 Å². The lowest BCUT2D eigenvalue weighted by atomic mass is 10.0. The summed E-state index contributed by atoms with van der Waals surface area (Å²) < 4.78 is 0. The molecule has 0 bridgehead atoms. The molecule has 0 spiro atoms. The summed E-state index contributed by atoms with van der Waals surface area (Å²) in [5.41, 5.74) is 8.85. The van der Waals surface area contributed by atoms with Gasteiger partial charge in [-0.05, 0) is 24.5 Å². The van der Waals surface area contributed by atoms with E-state index in [-0.39, 0.29) is 0 Å². The van der Waals surface area contributed by atoms with E-state index in [4.69, 9.17) is 5.73 Å². The summed E-state index contributed by atoms with van der Waals surface area (Å²) in [4.78, 5) is 4.18. The lowest BCUT2D eigenvalue weighted by Gasteiger charge is -2.10. The van der Waals surface area contributed by atoms with Crippen LogP contribution in [0.25, 0.3) is 0 Å². The molecule has 0 unspecified atom stereocenters. The smallest absolute Gasteiger partial charge is 0.0427 e. The Kier molecular flexibility index (Phi) is 2.13. The monoisotopic (exact) mass is 150 g/mol. The third kappa shape index (κ3) is 1.50. The van der Waals surface area contributed by atoms with Crippen molar-refractivity contribution in [2.24, 2.45) is 0 Å². The van der Waals surface area contributed by atoms with Crippen LogP contribution in [0, 0.1) is 6.92 Å². The van der Waals surface area contributed by atoms with E-state index in [9.17, 15) is 0 Å². The Hall–Kier alpha value is -1.05. The van der Waals surface area contributed by atoms with Crippen molar-refractivity contribution < 1.29 is 0 Å². The molecule has 2 nitrogen and oxygen atoms in total. The van der Waals surface area contributed by atoms with Gasteiger partial charge in [-0.15, -0.1) is 0 Å². The molecule has 2 heteroatoms. The predicted molar refractivity (Wildman–Crippen MR) is 47.5 cm³/mol. The van der Waals surface area contributed by atoms with E-state index in [1.54, 1.807) is 6.20 Å². The standard InChI is InChI=1S/C9H14N2/c1-6(2)9-7(3)11-5-4-8(9)10/h4-6H,1-3H3,(H2,10,11). The molecular weight excluding hydrogens is 136 g/mol. The fourth-order valence-electron chi connectivity index (χ4n) is 1.35. The number of rotatable bonds is 1. The van der Waals surface area contributed by atoms with Crippen LogP contribution in [-0.2, 0) is 0 Å². The molecule has 0 aliphatic heterocycles. The molecule has 1 rings (SSSR count). The third-order valence-electron chi connectivity index (χ3n) is 1.80. The normalized spacial score (nSPS) is 10.5. The van der Waals surface area contributed by atoms with Crippen LogP contribution in [0.15, 0.2) is 12.3 Å². The molecule has 0 aromatic carbocycles. The average molecular weight is 150 g/mol. The summed E-state index contributed by atoms with van der Waals surface area (Å²) in [5, 5.41) is 0. The summed E-state index contributed by atoms with van der Waals surface area (Å²) in [7, 11) is 0. The van der Waals surface area contributed by atoms with Gasteiger partial charge in [0.1, 0.15) is 0 Å². The fraction of sp³-hybridized carbons (Fsp3) is 0.444. The quantitative estimate of drug-likeness (QED) is 0.665. The van der Waals surface area contributed by atoms with Gasteiger partial charge in [-0.2, -0.15) is 0 Å². The Morgan fingerprint density at radius 3 is 2.45 bits per heavy atom. The second kappa shape index (κ2) is 2.91. The number of hydrogen-bond donors (Lipinski definition) is 1. The zero-order valence-electron chi connectivity index (χ0n) is 7.26. The number of aromatic nitrogens is 1. The molecule has 11 heavy (non-hydrogen) atoms. The van der Waals surface area contributed by atoms with Crippen LogP contribution < -0.4 is 5.73 Å². The highest BCUT2D eigenvalue weighted by atomic mass is 14.7. The second-order valence-corrected chi connectivity index (χ2v) is 3.05. The highest BCUT2D eigenvalue weighted by Crippen LogP contribution is 2.22. The van der Waals surface area contributed by atoms with Gasteiger partial charge in [-0.3, -0.25) is 4.98 Å². The number of hydrogen-bond acceptors (Lipinski definition) is 2. The van der Waals surface area contributed by atoms with Crippen LogP contribution >= 0.6 is 0 Å². The van der Waals surface area contributed by atoms with E-state index in [1.165, 1.54) is 5.56 Å². The molecule has 2 N–H and O–H groups in total. The maximum atomic E-state index is 5.78. The summed E-state index contributed by atoms with van der Waals surface area (Å²) in [6.45, 7) is 6.24. The van der Waals surface area contributed by atoms with Gasteiger partial charge in [-0.25, -0.2) is 0 Å². The van der Waals surface area contributed by atoms with Crippen molar-refractivity contribution in [1.82, 2.24) is 4.98 Å². The van der Waals surface area contributed by atoms with Gasteiger partial charge >= 0.3 is 0 Å². The zero-order valence-corrected chi connectivity index (χ0v) is 7.26. The molecule has 1 heterocycles. The molecule has 0 saturated heterocycles. The number of nitrogen functional groups attached to an aromatic ring is 1. The van der Waals surface area contributed by atoms with Crippen LogP contribution in [0.5, 0.6) is 0 Å². The van der Waals surface area contributed by atoms with E-state index in [2.05, 4.69) is 18.8 Å². The Balaban J connectivity index is 3.21. The Labute approximate surface area is 67.5 Å². The average Bonchev–Trinajstić information content (AvgIpc) is 1.85.